The van der Waals surface area contributed by atoms with Crippen molar-refractivity contribution in [3.8, 4) is 0 Å². The molecule has 0 bridgehead atoms. The smallest absolute Gasteiger partial charge is 0.0509 e. The minimum Gasteiger partial charge on any atom is -0.397 e. The van der Waals surface area contributed by atoms with Gasteiger partial charge in [-0.2, -0.15) is 0 Å². The number of hydrogen-bond donors (Lipinski definition) is 4. The van der Waals surface area contributed by atoms with Gasteiger partial charge in [0.25, 0.3) is 0 Å². The third kappa shape index (κ3) is 352. The third-order valence-electron chi connectivity index (χ3n) is 0.591. The Morgan fingerprint density at radius 3 is 0.867 bits per heavy atom. The van der Waals surface area contributed by atoms with E-state index in [2.05, 4.69) is 0 Å². The summed E-state index contributed by atoms with van der Waals surface area (Å²) >= 11 is 0. The van der Waals surface area contributed by atoms with Crippen LogP contribution in [0.15, 0.2) is 0 Å². The molecule has 0 aliphatic carbocycles. The monoisotopic (exact) mass is 260 g/mol. The zero-order valence-corrected chi connectivity index (χ0v) is 12.3. The van der Waals surface area contributed by atoms with E-state index in [0.29, 0.717) is 0 Å². The van der Waals surface area contributed by atoms with Gasteiger partial charge in [-0.15, -0.1) is 0 Å². The summed E-state index contributed by atoms with van der Waals surface area (Å²) in [6.07, 6.45) is 0.745. The van der Waals surface area contributed by atoms with Crippen LogP contribution in [0.25, 0.3) is 0 Å². The Bertz CT molecular complexity index is 49.9. The van der Waals surface area contributed by atoms with Gasteiger partial charge >= 0.3 is 0 Å². The molecule has 0 heterocycles. The number of hydrogen-bond acceptors (Lipinski definition) is 4. The Labute approximate surface area is 109 Å². The fourth-order valence-electron chi connectivity index (χ4n) is 0. The molecule has 0 aromatic heterocycles. The maximum absolute atomic E-state index is 8.36. The summed E-state index contributed by atoms with van der Waals surface area (Å²) in [5.74, 6) is 0. The molecule has 0 aliphatic rings. The summed E-state index contributed by atoms with van der Waals surface area (Å²) in [5.41, 5.74) is 0. The van der Waals surface area contributed by atoms with Crippen LogP contribution in [0, 0.1) is 0 Å². The first kappa shape index (κ1) is 29.6. The molecule has 4 nitrogen and oxygen atoms in total. The maximum Gasteiger partial charge on any atom is 0.0509 e. The zero-order valence-electron chi connectivity index (χ0n) is 10.7. The van der Waals surface area contributed by atoms with E-state index in [1.165, 1.54) is 0 Å². The van der Waals surface area contributed by atoms with Crippen LogP contribution in [0.4, 0.5) is 0 Å². The van der Waals surface area contributed by atoms with E-state index < -0.39 is 0 Å². The first-order valence-corrected chi connectivity index (χ1v) is 5.02. The molecule has 0 aromatic rings. The topological polar surface area (TPSA) is 80.9 Å². The van der Waals surface area contributed by atoms with Crippen LogP contribution in [0.1, 0.15) is 41.0 Å². The van der Waals surface area contributed by atoms with Gasteiger partial charge in [0, 0.05) is 41.5 Å². The first-order valence-electron chi connectivity index (χ1n) is 5.02. The fraction of sp³-hybridized carbons (Fsp3) is 1.00. The summed E-state index contributed by atoms with van der Waals surface area (Å²) in [7, 11) is 0. The molecule has 0 amide bonds. The van der Waals surface area contributed by atoms with E-state index in [4.69, 9.17) is 20.4 Å². The van der Waals surface area contributed by atoms with Gasteiger partial charge in [-0.05, 0) is 34.1 Å². The van der Waals surface area contributed by atoms with Gasteiger partial charge in [0.15, 0.2) is 0 Å². The summed E-state index contributed by atoms with van der Waals surface area (Å²) in [6.45, 7) is 9.52. The number of aliphatic hydroxyl groups is 4. The second kappa shape index (κ2) is 46.9. The van der Waals surface area contributed by atoms with Crippen molar-refractivity contribution in [2.24, 2.45) is 0 Å². The van der Waals surface area contributed by atoms with Crippen molar-refractivity contribution in [2.45, 2.75) is 47.1 Å². The largest absolute Gasteiger partial charge is 0.397 e. The Balaban J connectivity index is -0.0000000300. The minimum atomic E-state index is -0.116. The molecular formula is C10H28O4Ti. The third-order valence-corrected chi connectivity index (χ3v) is 0.591. The molecule has 0 fully saturated rings. The van der Waals surface area contributed by atoms with Crippen molar-refractivity contribution in [1.82, 2.24) is 0 Å². The zero-order chi connectivity index (χ0) is 12.4. The van der Waals surface area contributed by atoms with E-state index in [1.807, 2.05) is 6.92 Å². The molecule has 0 rings (SSSR count). The van der Waals surface area contributed by atoms with Crippen LogP contribution in [-0.2, 0) is 21.7 Å². The maximum atomic E-state index is 8.36. The summed E-state index contributed by atoms with van der Waals surface area (Å²) in [6, 6.07) is 0. The molecule has 0 aliphatic heterocycles. The molecule has 0 saturated carbocycles. The van der Waals surface area contributed by atoms with Gasteiger partial charge < -0.3 is 20.4 Å². The summed E-state index contributed by atoms with van der Waals surface area (Å²) in [4.78, 5) is 0. The number of aliphatic hydroxyl groups excluding tert-OH is 4. The van der Waals surface area contributed by atoms with Crippen molar-refractivity contribution < 1.29 is 42.1 Å². The Morgan fingerprint density at radius 2 is 0.867 bits per heavy atom. The average molecular weight is 260 g/mol. The van der Waals surface area contributed by atoms with Gasteiger partial charge in [0.2, 0.25) is 0 Å². The molecule has 0 spiro atoms. The Morgan fingerprint density at radius 1 is 0.800 bits per heavy atom. The summed E-state index contributed by atoms with van der Waals surface area (Å²) in [5, 5.41) is 31.1. The van der Waals surface area contributed by atoms with Gasteiger partial charge in [-0.25, -0.2) is 0 Å². The number of rotatable bonds is 1. The summed E-state index contributed by atoms with van der Waals surface area (Å²) < 4.78 is 0. The van der Waals surface area contributed by atoms with Crippen LogP contribution in [0.2, 0.25) is 0 Å². The van der Waals surface area contributed by atoms with E-state index in [-0.39, 0.29) is 47.6 Å². The van der Waals surface area contributed by atoms with E-state index in [1.54, 1.807) is 27.7 Å². The predicted octanol–water partition coefficient (Wildman–Crippen LogP) is 0.770. The van der Waals surface area contributed by atoms with Gasteiger partial charge in [-0.3, -0.25) is 0 Å². The second-order valence-corrected chi connectivity index (χ2v) is 2.21. The molecule has 96 valence electrons. The van der Waals surface area contributed by atoms with Crippen LogP contribution in [0.3, 0.4) is 0 Å². The Kier molecular flexibility index (Phi) is 92.4. The first-order chi connectivity index (χ1) is 6.51. The normalized spacial score (nSPS) is 8.60. The quantitative estimate of drug-likeness (QED) is 0.525. The molecular weight excluding hydrogens is 232 g/mol. The van der Waals surface area contributed by atoms with Crippen LogP contribution >= 0.6 is 0 Å². The molecule has 4 N–H and O–H groups in total. The molecule has 0 saturated heterocycles. The van der Waals surface area contributed by atoms with E-state index in [0.717, 1.165) is 6.42 Å². The van der Waals surface area contributed by atoms with Gasteiger partial charge in [-0.1, -0.05) is 6.92 Å². The molecule has 0 aromatic carbocycles. The van der Waals surface area contributed by atoms with Crippen molar-refractivity contribution >= 4 is 0 Å². The van der Waals surface area contributed by atoms with Crippen LogP contribution in [-0.4, -0.2) is 46.4 Å². The molecule has 1 unspecified atom stereocenters. The van der Waals surface area contributed by atoms with E-state index >= 15 is 0 Å². The minimum absolute atomic E-state index is 0. The van der Waals surface area contributed by atoms with Crippen molar-refractivity contribution in [1.29, 1.82) is 0 Å². The van der Waals surface area contributed by atoms with Crippen molar-refractivity contribution in [3.05, 3.63) is 0 Å². The SMILES string of the molecule is CCC(C)O.CCO.CCO.CCO.[Ti]. The van der Waals surface area contributed by atoms with Crippen LogP contribution in [0.5, 0.6) is 0 Å². The van der Waals surface area contributed by atoms with Crippen molar-refractivity contribution in [3.63, 3.8) is 0 Å². The molecule has 5 heteroatoms. The van der Waals surface area contributed by atoms with Crippen LogP contribution < -0.4 is 0 Å². The Hall–Kier alpha value is 0.554. The molecule has 1 atom stereocenters. The molecule has 15 heavy (non-hydrogen) atoms. The standard InChI is InChI=1S/C4H10O.3C2H6O.Ti/c1-3-4(2)5;3*1-2-3;/h4-5H,3H2,1-2H3;3*3H,2H2,1H3;. The van der Waals surface area contributed by atoms with Gasteiger partial charge in [0.05, 0.1) is 6.10 Å². The second-order valence-electron chi connectivity index (χ2n) is 2.21. The average Bonchev–Trinajstić information content (AvgIpc) is 2.08. The molecule has 0 radical (unpaired) electrons. The predicted molar refractivity (Wildman–Crippen MR) is 60.3 cm³/mol. The van der Waals surface area contributed by atoms with Gasteiger partial charge in [0.1, 0.15) is 0 Å². The van der Waals surface area contributed by atoms with E-state index in [9.17, 15) is 0 Å². The van der Waals surface area contributed by atoms with Crippen molar-refractivity contribution in [2.75, 3.05) is 19.8 Å². The fourth-order valence-corrected chi connectivity index (χ4v) is 0.